The second-order valence-electron chi connectivity index (χ2n) is 6.99. The van der Waals surface area contributed by atoms with E-state index in [1.807, 2.05) is 13.8 Å². The topological polar surface area (TPSA) is 97.9 Å². The molecule has 140 valence electrons. The van der Waals surface area contributed by atoms with Crippen molar-refractivity contribution in [2.75, 3.05) is 10.6 Å². The Morgan fingerprint density at radius 1 is 1.31 bits per heavy atom. The Balaban J connectivity index is 1.87. The van der Waals surface area contributed by atoms with Gasteiger partial charge in [0.15, 0.2) is 11.6 Å². The number of nitrogens with one attached hydrogen (secondary N) is 2. The number of nitrogens with zero attached hydrogens (tertiary/aromatic N) is 3. The predicted molar refractivity (Wildman–Crippen MR) is 99.1 cm³/mol. The second-order valence-corrected chi connectivity index (χ2v) is 6.99. The number of hydrogen-bond acceptors (Lipinski definition) is 5. The van der Waals surface area contributed by atoms with Crippen molar-refractivity contribution in [2.24, 2.45) is 5.73 Å². The molecule has 2 heterocycles. The molecule has 1 amide bonds. The molecule has 8 heteroatoms. The normalized spacial score (nSPS) is 15.2. The number of primary amides is 1. The van der Waals surface area contributed by atoms with Crippen LogP contribution < -0.4 is 16.4 Å². The SMILES string of the molecule is CC(C)n1cc(Nc2nc(NC3CCCCC3)c(F)cc2C(N)=O)cn1. The van der Waals surface area contributed by atoms with Crippen molar-refractivity contribution in [3.05, 3.63) is 29.8 Å². The number of carbonyl (C=O) groups is 1. The fourth-order valence-corrected chi connectivity index (χ4v) is 3.14. The van der Waals surface area contributed by atoms with E-state index in [4.69, 9.17) is 5.73 Å². The molecule has 26 heavy (non-hydrogen) atoms. The molecule has 0 unspecified atom stereocenters. The summed E-state index contributed by atoms with van der Waals surface area (Å²) in [6.07, 6.45) is 8.86. The zero-order valence-corrected chi connectivity index (χ0v) is 15.1. The van der Waals surface area contributed by atoms with Crippen molar-refractivity contribution in [3.8, 4) is 0 Å². The summed E-state index contributed by atoms with van der Waals surface area (Å²) in [5.41, 5.74) is 6.06. The Labute approximate surface area is 152 Å². The first kappa shape index (κ1) is 18.2. The maximum absolute atomic E-state index is 14.4. The van der Waals surface area contributed by atoms with Crippen LogP contribution in [0.3, 0.4) is 0 Å². The van der Waals surface area contributed by atoms with Gasteiger partial charge in [0, 0.05) is 18.3 Å². The lowest BCUT2D eigenvalue weighted by Crippen LogP contribution is -2.24. The average molecular weight is 360 g/mol. The summed E-state index contributed by atoms with van der Waals surface area (Å²) < 4.78 is 16.2. The van der Waals surface area contributed by atoms with Crippen molar-refractivity contribution in [1.82, 2.24) is 14.8 Å². The van der Waals surface area contributed by atoms with E-state index in [1.54, 1.807) is 17.1 Å². The first-order valence-electron chi connectivity index (χ1n) is 9.02. The third kappa shape index (κ3) is 4.12. The van der Waals surface area contributed by atoms with Crippen molar-refractivity contribution < 1.29 is 9.18 Å². The summed E-state index contributed by atoms with van der Waals surface area (Å²) in [7, 11) is 0. The quantitative estimate of drug-likeness (QED) is 0.731. The molecule has 1 aliphatic carbocycles. The smallest absolute Gasteiger partial charge is 0.252 e. The lowest BCUT2D eigenvalue weighted by atomic mass is 9.95. The lowest BCUT2D eigenvalue weighted by molar-refractivity contribution is 0.100. The Kier molecular flexibility index (Phi) is 5.39. The van der Waals surface area contributed by atoms with Crippen molar-refractivity contribution in [3.63, 3.8) is 0 Å². The molecule has 0 aromatic carbocycles. The van der Waals surface area contributed by atoms with Gasteiger partial charge < -0.3 is 16.4 Å². The molecule has 2 aromatic heterocycles. The van der Waals surface area contributed by atoms with Crippen LogP contribution >= 0.6 is 0 Å². The Morgan fingerprint density at radius 2 is 2.04 bits per heavy atom. The Hall–Kier alpha value is -2.64. The summed E-state index contributed by atoms with van der Waals surface area (Å²) in [6.45, 7) is 4.02. The van der Waals surface area contributed by atoms with E-state index in [-0.39, 0.29) is 29.3 Å². The monoisotopic (exact) mass is 360 g/mol. The molecule has 4 N–H and O–H groups in total. The van der Waals surface area contributed by atoms with Crippen LogP contribution in [0.1, 0.15) is 62.4 Å². The number of anilines is 3. The highest BCUT2D eigenvalue weighted by Crippen LogP contribution is 2.27. The Bertz CT molecular complexity index is 782. The third-order valence-electron chi connectivity index (χ3n) is 4.58. The minimum absolute atomic E-state index is 0.00833. The van der Waals surface area contributed by atoms with Crippen LogP contribution in [0, 0.1) is 5.82 Å². The van der Waals surface area contributed by atoms with E-state index in [1.165, 1.54) is 6.42 Å². The van der Waals surface area contributed by atoms with Crippen LogP contribution in [0.15, 0.2) is 18.5 Å². The van der Waals surface area contributed by atoms with Gasteiger partial charge >= 0.3 is 0 Å². The largest absolute Gasteiger partial charge is 0.365 e. The molecule has 7 nitrogen and oxygen atoms in total. The number of aromatic nitrogens is 3. The maximum atomic E-state index is 14.4. The van der Waals surface area contributed by atoms with Crippen LogP contribution in [-0.4, -0.2) is 26.7 Å². The van der Waals surface area contributed by atoms with E-state index in [9.17, 15) is 9.18 Å². The number of nitrogens with two attached hydrogens (primary N) is 1. The number of pyridine rings is 1. The van der Waals surface area contributed by atoms with E-state index < -0.39 is 11.7 Å². The Morgan fingerprint density at radius 3 is 2.65 bits per heavy atom. The molecule has 0 bridgehead atoms. The van der Waals surface area contributed by atoms with Crippen LogP contribution in [-0.2, 0) is 0 Å². The van der Waals surface area contributed by atoms with E-state index in [2.05, 4.69) is 20.7 Å². The van der Waals surface area contributed by atoms with Crippen molar-refractivity contribution in [1.29, 1.82) is 0 Å². The standard InChI is InChI=1S/C18H25FN6O/c1-11(2)25-10-13(9-21-25)23-17-14(16(20)26)8-15(19)18(24-17)22-12-6-4-3-5-7-12/h8-12H,3-7H2,1-2H3,(H2,20,26)(H2,22,23,24). The maximum Gasteiger partial charge on any atom is 0.252 e. The molecule has 3 rings (SSSR count). The van der Waals surface area contributed by atoms with Gasteiger partial charge in [-0.25, -0.2) is 9.37 Å². The van der Waals surface area contributed by atoms with E-state index in [0.717, 1.165) is 31.7 Å². The van der Waals surface area contributed by atoms with Crippen LogP contribution in [0.2, 0.25) is 0 Å². The van der Waals surface area contributed by atoms with Gasteiger partial charge in [-0.05, 0) is 32.8 Å². The van der Waals surface area contributed by atoms with Gasteiger partial charge in [-0.1, -0.05) is 19.3 Å². The van der Waals surface area contributed by atoms with Gasteiger partial charge in [-0.2, -0.15) is 5.10 Å². The zero-order valence-electron chi connectivity index (χ0n) is 15.1. The highest BCUT2D eigenvalue weighted by Gasteiger charge is 2.20. The molecule has 0 atom stereocenters. The highest BCUT2D eigenvalue weighted by atomic mass is 19.1. The molecule has 2 aromatic rings. The number of rotatable bonds is 6. The van der Waals surface area contributed by atoms with E-state index >= 15 is 0 Å². The predicted octanol–water partition coefficient (Wildman–Crippen LogP) is 3.59. The van der Waals surface area contributed by atoms with Crippen LogP contribution in [0.25, 0.3) is 0 Å². The first-order valence-corrected chi connectivity index (χ1v) is 9.02. The lowest BCUT2D eigenvalue weighted by Gasteiger charge is -2.24. The van der Waals surface area contributed by atoms with Crippen molar-refractivity contribution in [2.45, 2.75) is 58.0 Å². The molecular formula is C18H25FN6O. The number of carbonyl (C=O) groups excluding carboxylic acids is 1. The first-order chi connectivity index (χ1) is 12.4. The molecule has 1 aliphatic rings. The summed E-state index contributed by atoms with van der Waals surface area (Å²) in [5.74, 6) is -0.951. The highest BCUT2D eigenvalue weighted by molar-refractivity contribution is 5.98. The number of hydrogen-bond donors (Lipinski definition) is 3. The number of amides is 1. The van der Waals surface area contributed by atoms with Gasteiger partial charge in [0.25, 0.3) is 5.91 Å². The summed E-state index contributed by atoms with van der Waals surface area (Å²) in [5, 5.41) is 10.4. The molecule has 1 saturated carbocycles. The van der Waals surface area contributed by atoms with Gasteiger partial charge in [-0.15, -0.1) is 0 Å². The van der Waals surface area contributed by atoms with Crippen molar-refractivity contribution >= 4 is 23.2 Å². The number of halogens is 1. The molecule has 0 radical (unpaired) electrons. The molecule has 0 spiro atoms. The third-order valence-corrected chi connectivity index (χ3v) is 4.58. The summed E-state index contributed by atoms with van der Waals surface area (Å²) >= 11 is 0. The van der Waals surface area contributed by atoms with Gasteiger partial charge in [-0.3, -0.25) is 9.48 Å². The van der Waals surface area contributed by atoms with Gasteiger partial charge in [0.2, 0.25) is 0 Å². The minimum Gasteiger partial charge on any atom is -0.365 e. The van der Waals surface area contributed by atoms with Gasteiger partial charge in [0.05, 0.1) is 17.4 Å². The molecule has 0 saturated heterocycles. The summed E-state index contributed by atoms with van der Waals surface area (Å²) in [6, 6.07) is 1.53. The summed E-state index contributed by atoms with van der Waals surface area (Å²) in [4.78, 5) is 16.0. The second kappa shape index (κ2) is 7.72. The minimum atomic E-state index is -0.737. The molecule has 1 fully saturated rings. The van der Waals surface area contributed by atoms with E-state index in [0.29, 0.717) is 5.69 Å². The molecule has 0 aliphatic heterocycles. The zero-order chi connectivity index (χ0) is 18.7. The van der Waals surface area contributed by atoms with Crippen LogP contribution in [0.4, 0.5) is 21.7 Å². The van der Waals surface area contributed by atoms with Crippen LogP contribution in [0.5, 0.6) is 0 Å². The van der Waals surface area contributed by atoms with Gasteiger partial charge in [0.1, 0.15) is 5.82 Å². The fraction of sp³-hybridized carbons (Fsp3) is 0.500. The fourth-order valence-electron chi connectivity index (χ4n) is 3.14. The average Bonchev–Trinajstić information content (AvgIpc) is 3.07. The molecular weight excluding hydrogens is 335 g/mol.